The van der Waals surface area contributed by atoms with Gasteiger partial charge in [-0.2, -0.15) is 15.4 Å². The number of halogens is 1. The molecule has 0 aliphatic heterocycles. The van der Waals surface area contributed by atoms with Gasteiger partial charge in [0.2, 0.25) is 5.91 Å². The van der Waals surface area contributed by atoms with Gasteiger partial charge in [-0.25, -0.2) is 0 Å². The second kappa shape index (κ2) is 5.85. The first-order chi connectivity index (χ1) is 10.1. The van der Waals surface area contributed by atoms with Crippen molar-refractivity contribution in [3.8, 4) is 5.75 Å². The van der Waals surface area contributed by atoms with Crippen LogP contribution in [0.5, 0.6) is 5.75 Å². The van der Waals surface area contributed by atoms with Crippen molar-refractivity contribution in [1.82, 2.24) is 20.7 Å². The summed E-state index contributed by atoms with van der Waals surface area (Å²) in [4.78, 5) is 12.2. The number of amides is 1. The monoisotopic (exact) mass is 350 g/mol. The maximum absolute atomic E-state index is 12.2. The van der Waals surface area contributed by atoms with Gasteiger partial charge in [0.25, 0.3) is 0 Å². The molecule has 2 aromatic rings. The lowest BCUT2D eigenvalue weighted by atomic mass is 9.89. The molecule has 0 bridgehead atoms. The maximum Gasteiger partial charge on any atom is 0.223 e. The average molecular weight is 351 g/mol. The molecule has 0 radical (unpaired) electrons. The minimum Gasteiger partial charge on any atom is -0.507 e. The van der Waals surface area contributed by atoms with Crippen LogP contribution in [0.4, 0.5) is 0 Å². The zero-order chi connectivity index (χ0) is 14.8. The van der Waals surface area contributed by atoms with Gasteiger partial charge < -0.3 is 10.4 Å². The lowest BCUT2D eigenvalue weighted by Gasteiger charge is -2.19. The minimum absolute atomic E-state index is 0.0350. The van der Waals surface area contributed by atoms with Crippen molar-refractivity contribution in [1.29, 1.82) is 0 Å². The highest BCUT2D eigenvalue weighted by Crippen LogP contribution is 2.25. The van der Waals surface area contributed by atoms with Crippen LogP contribution in [-0.2, 0) is 24.2 Å². The number of phenolic OH excluding ortho intramolecular Hbond substituents is 1. The number of hydrogen-bond donors (Lipinski definition) is 3. The molecule has 1 heterocycles. The van der Waals surface area contributed by atoms with E-state index in [-0.39, 0.29) is 17.6 Å². The van der Waals surface area contributed by atoms with E-state index in [1.807, 2.05) is 0 Å². The van der Waals surface area contributed by atoms with Gasteiger partial charge in [-0.05, 0) is 46.5 Å². The fourth-order valence-electron chi connectivity index (χ4n) is 2.50. The van der Waals surface area contributed by atoms with Gasteiger partial charge >= 0.3 is 0 Å². The number of hydrogen-bond acceptors (Lipinski definition) is 4. The highest BCUT2D eigenvalue weighted by atomic mass is 79.9. The normalized spacial score (nSPS) is 17.3. The number of H-pyrrole nitrogens is 1. The summed E-state index contributed by atoms with van der Waals surface area (Å²) in [6.45, 7) is 0.444. The summed E-state index contributed by atoms with van der Waals surface area (Å²) in [6.07, 6.45) is 2.22. The second-order valence-electron chi connectivity index (χ2n) is 5.16. The van der Waals surface area contributed by atoms with Crippen LogP contribution in [0.25, 0.3) is 0 Å². The maximum atomic E-state index is 12.2. The van der Waals surface area contributed by atoms with Crippen molar-refractivity contribution in [3.63, 3.8) is 0 Å². The molecule has 0 spiro atoms. The summed E-state index contributed by atoms with van der Waals surface area (Å²) in [5, 5.41) is 23.1. The van der Waals surface area contributed by atoms with Crippen molar-refractivity contribution >= 4 is 21.8 Å². The van der Waals surface area contributed by atoms with E-state index >= 15 is 0 Å². The van der Waals surface area contributed by atoms with Gasteiger partial charge in [-0.15, -0.1) is 0 Å². The van der Waals surface area contributed by atoms with Crippen molar-refractivity contribution in [2.75, 3.05) is 0 Å². The van der Waals surface area contributed by atoms with E-state index in [1.54, 1.807) is 18.2 Å². The van der Waals surface area contributed by atoms with Crippen molar-refractivity contribution in [2.24, 2.45) is 5.92 Å². The third kappa shape index (κ3) is 3.07. The van der Waals surface area contributed by atoms with E-state index in [0.29, 0.717) is 17.4 Å². The SMILES string of the molecule is O=C(NCc1ccc(O)c(Br)c1)C1CCc2n[nH]nc2C1. The number of aryl methyl sites for hydroxylation is 1. The molecular formula is C14H15BrN4O2. The summed E-state index contributed by atoms with van der Waals surface area (Å²) in [7, 11) is 0. The van der Waals surface area contributed by atoms with Gasteiger partial charge in [-0.1, -0.05) is 6.07 Å². The highest BCUT2D eigenvalue weighted by molar-refractivity contribution is 9.10. The fraction of sp³-hybridized carbons (Fsp3) is 0.357. The number of rotatable bonds is 3. The van der Waals surface area contributed by atoms with Crippen LogP contribution in [0.15, 0.2) is 22.7 Å². The van der Waals surface area contributed by atoms with Gasteiger partial charge in [0.15, 0.2) is 0 Å². The Bertz CT molecular complexity index is 671. The van der Waals surface area contributed by atoms with Crippen LogP contribution >= 0.6 is 15.9 Å². The number of carbonyl (C=O) groups is 1. The van der Waals surface area contributed by atoms with Gasteiger partial charge in [0.1, 0.15) is 5.75 Å². The van der Waals surface area contributed by atoms with E-state index in [0.717, 1.165) is 29.8 Å². The Morgan fingerprint density at radius 1 is 1.43 bits per heavy atom. The van der Waals surface area contributed by atoms with E-state index in [9.17, 15) is 9.90 Å². The first kappa shape index (κ1) is 14.1. The molecular weight excluding hydrogens is 336 g/mol. The third-order valence-electron chi connectivity index (χ3n) is 3.72. The van der Waals surface area contributed by atoms with Crippen LogP contribution < -0.4 is 5.32 Å². The molecule has 1 aromatic heterocycles. The highest BCUT2D eigenvalue weighted by Gasteiger charge is 2.26. The van der Waals surface area contributed by atoms with Crippen LogP contribution in [0.1, 0.15) is 23.4 Å². The predicted molar refractivity (Wildman–Crippen MR) is 79.6 cm³/mol. The largest absolute Gasteiger partial charge is 0.507 e. The van der Waals surface area contributed by atoms with Crippen LogP contribution in [0.3, 0.4) is 0 Å². The lowest BCUT2D eigenvalue weighted by Crippen LogP contribution is -2.33. The Hall–Kier alpha value is -1.89. The molecule has 1 amide bonds. The fourth-order valence-corrected chi connectivity index (χ4v) is 2.93. The summed E-state index contributed by atoms with van der Waals surface area (Å²) < 4.78 is 0.624. The van der Waals surface area contributed by atoms with Crippen LogP contribution in [0, 0.1) is 5.92 Å². The van der Waals surface area contributed by atoms with Gasteiger partial charge in [0, 0.05) is 18.9 Å². The quantitative estimate of drug-likeness (QED) is 0.785. The molecule has 0 saturated carbocycles. The zero-order valence-corrected chi connectivity index (χ0v) is 12.9. The third-order valence-corrected chi connectivity index (χ3v) is 4.36. The number of aromatic nitrogens is 3. The molecule has 3 N–H and O–H groups in total. The molecule has 0 fully saturated rings. The Kier molecular flexibility index (Phi) is 3.92. The molecule has 21 heavy (non-hydrogen) atoms. The number of nitrogens with zero attached hydrogens (tertiary/aromatic N) is 2. The van der Waals surface area contributed by atoms with E-state index in [1.165, 1.54) is 0 Å². The molecule has 0 saturated heterocycles. The zero-order valence-electron chi connectivity index (χ0n) is 11.3. The molecule has 6 nitrogen and oxygen atoms in total. The summed E-state index contributed by atoms with van der Waals surface area (Å²) in [5.41, 5.74) is 2.81. The molecule has 3 rings (SSSR count). The number of phenols is 1. The number of aromatic amines is 1. The molecule has 1 aromatic carbocycles. The number of aromatic hydroxyl groups is 1. The number of nitrogens with one attached hydrogen (secondary N) is 2. The summed E-state index contributed by atoms with van der Waals surface area (Å²) >= 11 is 3.26. The predicted octanol–water partition coefficient (Wildman–Crippen LogP) is 1.69. The Morgan fingerprint density at radius 3 is 3.05 bits per heavy atom. The first-order valence-corrected chi connectivity index (χ1v) is 7.56. The summed E-state index contributed by atoms with van der Waals surface area (Å²) in [5.74, 6) is 0.173. The smallest absolute Gasteiger partial charge is 0.223 e. The Morgan fingerprint density at radius 2 is 2.24 bits per heavy atom. The van der Waals surface area contributed by atoms with Crippen molar-refractivity contribution in [3.05, 3.63) is 39.6 Å². The molecule has 7 heteroatoms. The van der Waals surface area contributed by atoms with E-state index < -0.39 is 0 Å². The second-order valence-corrected chi connectivity index (χ2v) is 6.01. The van der Waals surface area contributed by atoms with Crippen LogP contribution in [-0.4, -0.2) is 26.4 Å². The Labute approximate surface area is 130 Å². The summed E-state index contributed by atoms with van der Waals surface area (Å²) in [6, 6.07) is 5.19. The molecule has 1 unspecified atom stereocenters. The Balaban J connectivity index is 1.58. The standard InChI is InChI=1S/C14H15BrN4O2/c15-10-5-8(1-4-13(10)20)7-16-14(21)9-2-3-11-12(6-9)18-19-17-11/h1,4-5,9,20H,2-3,6-7H2,(H,16,21)(H,17,18,19). The molecule has 1 atom stereocenters. The molecule has 110 valence electrons. The van der Waals surface area contributed by atoms with Crippen molar-refractivity contribution in [2.45, 2.75) is 25.8 Å². The molecule has 1 aliphatic carbocycles. The number of benzene rings is 1. The molecule has 1 aliphatic rings. The van der Waals surface area contributed by atoms with E-state index in [4.69, 9.17) is 0 Å². The lowest BCUT2D eigenvalue weighted by molar-refractivity contribution is -0.125. The van der Waals surface area contributed by atoms with E-state index in [2.05, 4.69) is 36.7 Å². The van der Waals surface area contributed by atoms with Crippen molar-refractivity contribution < 1.29 is 9.90 Å². The van der Waals surface area contributed by atoms with Gasteiger partial charge in [0.05, 0.1) is 15.9 Å². The van der Waals surface area contributed by atoms with Crippen LogP contribution in [0.2, 0.25) is 0 Å². The minimum atomic E-state index is -0.0526. The average Bonchev–Trinajstić information content (AvgIpc) is 2.95. The topological polar surface area (TPSA) is 90.9 Å². The number of carbonyl (C=O) groups excluding carboxylic acids is 1. The number of fused-ring (bicyclic) bond motifs is 1. The van der Waals surface area contributed by atoms with Gasteiger partial charge in [-0.3, -0.25) is 4.79 Å². The first-order valence-electron chi connectivity index (χ1n) is 6.77.